The monoisotopic (exact) mass is 507 g/mol. The fourth-order valence-electron chi connectivity index (χ4n) is 2.77. The van der Waals surface area contributed by atoms with Gasteiger partial charge in [0.15, 0.2) is 0 Å². The second-order valence-electron chi connectivity index (χ2n) is 7.47. The zero-order chi connectivity index (χ0) is 28.1. The fraction of sp³-hybridized carbons (Fsp3) is 0.538. The number of primary amides is 1. The van der Waals surface area contributed by atoms with Crippen LogP contribution in [0.15, 0.2) is 35.9 Å². The zero-order valence-electron chi connectivity index (χ0n) is 23.0. The number of benzene rings is 1. The van der Waals surface area contributed by atoms with Crippen molar-refractivity contribution in [3.8, 4) is 0 Å². The molecule has 6 N–H and O–H groups in total. The van der Waals surface area contributed by atoms with Crippen LogP contribution in [0.1, 0.15) is 66.9 Å². The van der Waals surface area contributed by atoms with Gasteiger partial charge >= 0.3 is 12.0 Å². The molecule has 0 radical (unpaired) electrons. The number of esters is 1. The first-order valence-corrected chi connectivity index (χ1v) is 12.3. The highest BCUT2D eigenvalue weighted by molar-refractivity contribution is 5.98. The van der Waals surface area contributed by atoms with Crippen molar-refractivity contribution >= 4 is 29.5 Å². The van der Waals surface area contributed by atoms with Crippen molar-refractivity contribution in [3.05, 3.63) is 41.5 Å². The molecule has 2 atom stereocenters. The van der Waals surface area contributed by atoms with Crippen LogP contribution in [-0.4, -0.2) is 49.5 Å². The third-order valence-corrected chi connectivity index (χ3v) is 4.36. The third-order valence-electron chi connectivity index (χ3n) is 4.36. The van der Waals surface area contributed by atoms with Crippen LogP contribution in [0.4, 0.5) is 10.5 Å². The number of nitrogens with two attached hydrogens (primary N) is 1. The normalized spacial score (nSPS) is 11.1. The van der Waals surface area contributed by atoms with Crippen LogP contribution in [0.3, 0.4) is 0 Å². The minimum absolute atomic E-state index is 0.144. The van der Waals surface area contributed by atoms with Crippen LogP contribution in [0.5, 0.6) is 0 Å². The van der Waals surface area contributed by atoms with E-state index in [0.717, 1.165) is 11.1 Å². The summed E-state index contributed by atoms with van der Waals surface area (Å²) in [5.74, 6) is -1.11. The molecule has 0 saturated carbocycles. The van der Waals surface area contributed by atoms with Gasteiger partial charge in [-0.1, -0.05) is 51.5 Å². The Labute approximate surface area is 215 Å². The molecule has 0 bridgehead atoms. The van der Waals surface area contributed by atoms with E-state index in [-0.39, 0.29) is 25.0 Å². The lowest BCUT2D eigenvalue weighted by atomic mass is 10.1. The molecular weight excluding hydrogens is 462 g/mol. The van der Waals surface area contributed by atoms with E-state index in [0.29, 0.717) is 18.5 Å². The molecule has 1 aromatic rings. The average Bonchev–Trinajstić information content (AvgIpc) is 2.85. The van der Waals surface area contributed by atoms with Gasteiger partial charge in [-0.05, 0) is 51.4 Å². The van der Waals surface area contributed by atoms with Crippen LogP contribution >= 0.6 is 0 Å². The molecule has 0 fully saturated rings. The first kappa shape index (κ1) is 34.8. The molecule has 0 aliphatic rings. The number of allylic oxidation sites excluding steroid dienone is 1. The molecule has 0 aliphatic heterocycles. The molecule has 10 heteroatoms. The summed E-state index contributed by atoms with van der Waals surface area (Å²) in [6.45, 7) is 13.5. The molecule has 1 aromatic carbocycles. The smallest absolute Gasteiger partial charge is 0.312 e. The van der Waals surface area contributed by atoms with E-state index in [9.17, 15) is 19.2 Å². The second kappa shape index (κ2) is 20.9. The van der Waals surface area contributed by atoms with Crippen molar-refractivity contribution in [2.45, 2.75) is 80.0 Å². The summed E-state index contributed by atoms with van der Waals surface area (Å²) < 4.78 is 4.94. The highest BCUT2D eigenvalue weighted by Crippen LogP contribution is 2.12. The van der Waals surface area contributed by atoms with Crippen molar-refractivity contribution < 1.29 is 23.9 Å². The first-order valence-electron chi connectivity index (χ1n) is 12.3. The Bertz CT molecular complexity index is 821. The van der Waals surface area contributed by atoms with Crippen molar-refractivity contribution in [2.75, 3.05) is 18.9 Å². The summed E-state index contributed by atoms with van der Waals surface area (Å²) in [4.78, 5) is 47.3. The van der Waals surface area contributed by atoms with Gasteiger partial charge in [0, 0.05) is 19.2 Å². The Morgan fingerprint density at radius 3 is 2.03 bits per heavy atom. The van der Waals surface area contributed by atoms with Crippen molar-refractivity contribution in [1.29, 1.82) is 0 Å². The molecular formula is C26H45N5O5. The van der Waals surface area contributed by atoms with Gasteiger partial charge in [0.1, 0.15) is 18.7 Å². The van der Waals surface area contributed by atoms with Gasteiger partial charge in [-0.3, -0.25) is 14.4 Å². The van der Waals surface area contributed by atoms with E-state index in [1.165, 1.54) is 6.92 Å². The molecule has 10 nitrogen and oxygen atoms in total. The van der Waals surface area contributed by atoms with E-state index in [1.807, 2.05) is 41.5 Å². The van der Waals surface area contributed by atoms with Crippen LogP contribution in [0.2, 0.25) is 0 Å². The number of urea groups is 1. The van der Waals surface area contributed by atoms with Crippen molar-refractivity contribution in [1.82, 2.24) is 16.0 Å². The number of hydrogen-bond acceptors (Lipinski definition) is 6. The number of rotatable bonds is 12. The quantitative estimate of drug-likeness (QED) is 0.166. The number of anilines is 1. The molecule has 36 heavy (non-hydrogen) atoms. The van der Waals surface area contributed by atoms with Gasteiger partial charge < -0.3 is 31.7 Å². The first-order chi connectivity index (χ1) is 17.1. The van der Waals surface area contributed by atoms with Gasteiger partial charge in [-0.25, -0.2) is 4.79 Å². The number of carbonyl (C=O) groups is 4. The molecule has 1 unspecified atom stereocenters. The van der Waals surface area contributed by atoms with Gasteiger partial charge in [0.2, 0.25) is 11.8 Å². The van der Waals surface area contributed by atoms with E-state index in [1.54, 1.807) is 37.4 Å². The number of likely N-dealkylation sites (N-methyl/N-ethyl adjacent to an activating group) is 1. The maximum absolute atomic E-state index is 12.9. The van der Waals surface area contributed by atoms with Crippen molar-refractivity contribution in [2.24, 2.45) is 5.73 Å². The molecule has 0 heterocycles. The lowest BCUT2D eigenvalue weighted by molar-refractivity contribution is -0.142. The van der Waals surface area contributed by atoms with E-state index in [4.69, 9.17) is 10.5 Å². The molecule has 0 aromatic heterocycles. The van der Waals surface area contributed by atoms with Crippen LogP contribution < -0.4 is 27.0 Å². The molecule has 1 rings (SSSR count). The standard InChI is InChI=1S/C22H33N5O5.2C2H6/c1-14(2)12-19(24-4)21(30)27-18(6-5-11-25-22(23)31)20(29)26-17-9-7-16(8-10-17)13-32-15(3)28;2*1-2/h7-10,12,18-19,24H,5-6,11,13H2,1-4H3,(H,26,29)(H,27,30)(H3,23,25,31);2*1-2H3/t18-,19?;;/m0../s1. The Morgan fingerprint density at radius 1 is 0.972 bits per heavy atom. The molecule has 0 spiro atoms. The summed E-state index contributed by atoms with van der Waals surface area (Å²) in [6.07, 6.45) is 2.50. The summed E-state index contributed by atoms with van der Waals surface area (Å²) in [7, 11) is 1.66. The summed E-state index contributed by atoms with van der Waals surface area (Å²) in [5, 5.41) is 10.9. The average molecular weight is 508 g/mol. The summed E-state index contributed by atoms with van der Waals surface area (Å²) >= 11 is 0. The predicted octanol–water partition coefficient (Wildman–Crippen LogP) is 3.23. The molecule has 4 amide bonds. The third kappa shape index (κ3) is 16.3. The van der Waals surface area contributed by atoms with Crippen molar-refractivity contribution in [3.63, 3.8) is 0 Å². The summed E-state index contributed by atoms with van der Waals surface area (Å²) in [6, 6.07) is 4.78. The molecule has 0 saturated heterocycles. The minimum atomic E-state index is -0.820. The van der Waals surface area contributed by atoms with E-state index in [2.05, 4.69) is 21.3 Å². The lowest BCUT2D eigenvalue weighted by Crippen LogP contribution is -2.50. The second-order valence-corrected chi connectivity index (χ2v) is 7.47. The number of hydrogen-bond donors (Lipinski definition) is 5. The summed E-state index contributed by atoms with van der Waals surface area (Å²) in [5.41, 5.74) is 7.33. The van der Waals surface area contributed by atoms with Gasteiger partial charge in [0.05, 0.1) is 0 Å². The molecule has 204 valence electrons. The maximum atomic E-state index is 12.9. The number of ether oxygens (including phenoxy) is 1. The highest BCUT2D eigenvalue weighted by atomic mass is 16.5. The van der Waals surface area contributed by atoms with Gasteiger partial charge in [0.25, 0.3) is 0 Å². The maximum Gasteiger partial charge on any atom is 0.312 e. The minimum Gasteiger partial charge on any atom is -0.461 e. The van der Waals surface area contributed by atoms with Crippen LogP contribution in [0.25, 0.3) is 0 Å². The number of carbonyl (C=O) groups excluding carboxylic acids is 4. The number of amides is 4. The fourth-order valence-corrected chi connectivity index (χ4v) is 2.77. The molecule has 0 aliphatic carbocycles. The predicted molar refractivity (Wildman–Crippen MR) is 144 cm³/mol. The Balaban J connectivity index is 0. The zero-order valence-corrected chi connectivity index (χ0v) is 23.0. The SMILES string of the molecule is CC.CC.CNC(C=C(C)C)C(=O)N[C@@H](CCCNC(N)=O)C(=O)Nc1ccc(COC(C)=O)cc1. The van der Waals surface area contributed by atoms with E-state index < -0.39 is 24.0 Å². The van der Waals surface area contributed by atoms with Crippen LogP contribution in [-0.2, 0) is 25.7 Å². The topological polar surface area (TPSA) is 152 Å². The van der Waals surface area contributed by atoms with Gasteiger partial charge in [-0.2, -0.15) is 0 Å². The van der Waals surface area contributed by atoms with Crippen LogP contribution in [0, 0.1) is 0 Å². The van der Waals surface area contributed by atoms with Gasteiger partial charge in [-0.15, -0.1) is 0 Å². The highest BCUT2D eigenvalue weighted by Gasteiger charge is 2.24. The largest absolute Gasteiger partial charge is 0.461 e. The lowest BCUT2D eigenvalue weighted by Gasteiger charge is -2.21. The number of nitrogens with one attached hydrogen (secondary N) is 4. The van der Waals surface area contributed by atoms with E-state index >= 15 is 0 Å². The Kier molecular flexibility index (Phi) is 20.2. The Morgan fingerprint density at radius 2 is 1.56 bits per heavy atom. The Hall–Kier alpha value is -3.40.